The van der Waals surface area contributed by atoms with Gasteiger partial charge in [-0.2, -0.15) is 9.61 Å². The molecule has 6 heteroatoms. The Morgan fingerprint density at radius 1 is 1.27 bits per heavy atom. The third-order valence-corrected chi connectivity index (χ3v) is 1.95. The number of furan rings is 1. The maximum atomic E-state index is 5.15. The van der Waals surface area contributed by atoms with Crippen molar-refractivity contribution >= 4 is 17.5 Å². The van der Waals surface area contributed by atoms with Crippen molar-refractivity contribution in [2.75, 3.05) is 5.32 Å². The van der Waals surface area contributed by atoms with Gasteiger partial charge in [0.1, 0.15) is 6.33 Å². The fourth-order valence-corrected chi connectivity index (χ4v) is 1.30. The zero-order valence-corrected chi connectivity index (χ0v) is 7.66. The Balaban J connectivity index is 2.07. The third-order valence-electron chi connectivity index (χ3n) is 1.95. The summed E-state index contributed by atoms with van der Waals surface area (Å²) in [4.78, 5) is 8.19. The van der Waals surface area contributed by atoms with Crippen molar-refractivity contribution in [3.05, 3.63) is 37.0 Å². The zero-order valence-electron chi connectivity index (χ0n) is 7.66. The van der Waals surface area contributed by atoms with Crippen LogP contribution in [-0.4, -0.2) is 19.6 Å². The van der Waals surface area contributed by atoms with E-state index in [-0.39, 0.29) is 0 Å². The van der Waals surface area contributed by atoms with Crippen LogP contribution in [0.15, 0.2) is 41.4 Å². The molecule has 0 bridgehead atoms. The molecule has 0 amide bonds. The predicted octanol–water partition coefficient (Wildman–Crippen LogP) is 1.46. The van der Waals surface area contributed by atoms with Gasteiger partial charge in [-0.25, -0.2) is 9.97 Å². The first-order valence-electron chi connectivity index (χ1n) is 4.39. The van der Waals surface area contributed by atoms with Crippen LogP contribution in [0.5, 0.6) is 0 Å². The minimum atomic E-state index is 0.569. The van der Waals surface area contributed by atoms with E-state index < -0.39 is 0 Å². The molecule has 0 aliphatic carbocycles. The summed E-state index contributed by atoms with van der Waals surface area (Å²) in [6, 6.07) is 5.38. The van der Waals surface area contributed by atoms with Crippen LogP contribution >= 0.6 is 0 Å². The minimum absolute atomic E-state index is 0.569. The lowest BCUT2D eigenvalue weighted by molar-refractivity contribution is 0.583. The molecule has 0 atom stereocenters. The summed E-state index contributed by atoms with van der Waals surface area (Å²) in [5, 5.41) is 7.03. The standard InChI is InChI=1S/C9H7N5O/c1-2-8(15-5-1)13-9-10-4-3-7-11-6-12-14(7)9/h1-6H,(H,10,13). The molecule has 1 N–H and O–H groups in total. The minimum Gasteiger partial charge on any atom is -0.449 e. The van der Waals surface area contributed by atoms with E-state index in [9.17, 15) is 0 Å². The van der Waals surface area contributed by atoms with E-state index in [0.29, 0.717) is 11.8 Å². The lowest BCUT2D eigenvalue weighted by Gasteiger charge is -2.02. The normalized spacial score (nSPS) is 10.7. The molecule has 0 saturated heterocycles. The second-order valence-electron chi connectivity index (χ2n) is 2.90. The second-order valence-corrected chi connectivity index (χ2v) is 2.90. The van der Waals surface area contributed by atoms with Gasteiger partial charge in [0.25, 0.3) is 0 Å². The van der Waals surface area contributed by atoms with Crippen LogP contribution in [0, 0.1) is 0 Å². The van der Waals surface area contributed by atoms with E-state index in [1.54, 1.807) is 35.2 Å². The number of nitrogens with one attached hydrogen (secondary N) is 1. The third kappa shape index (κ3) is 1.32. The van der Waals surface area contributed by atoms with Crippen LogP contribution in [0.1, 0.15) is 0 Å². The SMILES string of the molecule is c1coc(Nc2nccc3ncnn23)c1. The smallest absolute Gasteiger partial charge is 0.232 e. The highest BCUT2D eigenvalue weighted by atomic mass is 16.3. The molecule has 0 saturated carbocycles. The number of nitrogens with zero attached hydrogens (tertiary/aromatic N) is 4. The first kappa shape index (κ1) is 7.98. The van der Waals surface area contributed by atoms with Crippen LogP contribution < -0.4 is 5.32 Å². The van der Waals surface area contributed by atoms with Crippen LogP contribution in [0.4, 0.5) is 11.8 Å². The van der Waals surface area contributed by atoms with Gasteiger partial charge in [-0.05, 0) is 6.07 Å². The van der Waals surface area contributed by atoms with Crippen molar-refractivity contribution in [1.29, 1.82) is 0 Å². The molecule has 0 aromatic carbocycles. The van der Waals surface area contributed by atoms with Crippen LogP contribution in [0.25, 0.3) is 5.65 Å². The number of anilines is 2. The Morgan fingerprint density at radius 3 is 3.13 bits per heavy atom. The molecule has 0 fully saturated rings. The number of fused-ring (bicyclic) bond motifs is 1. The van der Waals surface area contributed by atoms with Crippen molar-refractivity contribution in [2.45, 2.75) is 0 Å². The molecule has 6 nitrogen and oxygen atoms in total. The van der Waals surface area contributed by atoms with Gasteiger partial charge in [-0.1, -0.05) is 0 Å². The Morgan fingerprint density at radius 2 is 2.27 bits per heavy atom. The lowest BCUT2D eigenvalue weighted by Crippen LogP contribution is -2.01. The van der Waals surface area contributed by atoms with Crippen molar-refractivity contribution in [1.82, 2.24) is 19.6 Å². The molecular formula is C9H7N5O. The fourth-order valence-electron chi connectivity index (χ4n) is 1.30. The quantitative estimate of drug-likeness (QED) is 0.679. The summed E-state index contributed by atoms with van der Waals surface area (Å²) in [7, 11) is 0. The van der Waals surface area contributed by atoms with Gasteiger partial charge in [0, 0.05) is 18.3 Å². The van der Waals surface area contributed by atoms with Crippen molar-refractivity contribution in [2.24, 2.45) is 0 Å². The fraction of sp³-hybridized carbons (Fsp3) is 0. The monoisotopic (exact) mass is 201 g/mol. The molecule has 3 heterocycles. The molecule has 74 valence electrons. The summed E-state index contributed by atoms with van der Waals surface area (Å²) in [5.41, 5.74) is 0.735. The molecule has 3 rings (SSSR count). The van der Waals surface area contributed by atoms with E-state index in [1.165, 1.54) is 6.33 Å². The topological polar surface area (TPSA) is 68.2 Å². The first-order valence-corrected chi connectivity index (χ1v) is 4.39. The highest BCUT2D eigenvalue weighted by Crippen LogP contribution is 2.14. The molecule has 0 aliphatic rings. The van der Waals surface area contributed by atoms with Crippen molar-refractivity contribution in [3.8, 4) is 0 Å². The summed E-state index contributed by atoms with van der Waals surface area (Å²) < 4.78 is 6.75. The number of aromatic nitrogens is 4. The van der Waals surface area contributed by atoms with Gasteiger partial charge in [-0.3, -0.25) is 5.32 Å². The molecule has 0 unspecified atom stereocenters. The van der Waals surface area contributed by atoms with E-state index >= 15 is 0 Å². The van der Waals surface area contributed by atoms with Gasteiger partial charge in [0.2, 0.25) is 5.95 Å². The molecule has 3 aromatic rings. The molecule has 0 aliphatic heterocycles. The molecular weight excluding hydrogens is 194 g/mol. The number of hydrogen-bond acceptors (Lipinski definition) is 5. The van der Waals surface area contributed by atoms with Gasteiger partial charge < -0.3 is 4.42 Å². The Hall–Kier alpha value is -2.37. The van der Waals surface area contributed by atoms with Crippen LogP contribution in [0.3, 0.4) is 0 Å². The summed E-state index contributed by atoms with van der Waals surface area (Å²) in [6.45, 7) is 0. The van der Waals surface area contributed by atoms with Crippen LogP contribution in [0.2, 0.25) is 0 Å². The summed E-state index contributed by atoms with van der Waals surface area (Å²) in [5.74, 6) is 1.19. The lowest BCUT2D eigenvalue weighted by atomic mass is 10.6. The largest absolute Gasteiger partial charge is 0.449 e. The van der Waals surface area contributed by atoms with Crippen molar-refractivity contribution in [3.63, 3.8) is 0 Å². The van der Waals surface area contributed by atoms with Gasteiger partial charge >= 0.3 is 0 Å². The Kier molecular flexibility index (Phi) is 1.64. The van der Waals surface area contributed by atoms with E-state index in [4.69, 9.17) is 4.42 Å². The first-order chi connectivity index (χ1) is 7.43. The predicted molar refractivity (Wildman–Crippen MR) is 52.8 cm³/mol. The highest BCUT2D eigenvalue weighted by Gasteiger charge is 2.04. The molecule has 15 heavy (non-hydrogen) atoms. The van der Waals surface area contributed by atoms with E-state index in [0.717, 1.165) is 5.65 Å². The Bertz CT molecular complexity index is 571. The molecule has 3 aromatic heterocycles. The number of rotatable bonds is 2. The van der Waals surface area contributed by atoms with Gasteiger partial charge in [0.15, 0.2) is 11.5 Å². The summed E-state index contributed by atoms with van der Waals surface area (Å²) in [6.07, 6.45) is 4.73. The maximum absolute atomic E-state index is 5.15. The second kappa shape index (κ2) is 3.09. The maximum Gasteiger partial charge on any atom is 0.232 e. The number of hydrogen-bond donors (Lipinski definition) is 1. The average Bonchev–Trinajstić information content (AvgIpc) is 2.87. The van der Waals surface area contributed by atoms with Crippen molar-refractivity contribution < 1.29 is 4.42 Å². The Labute approximate surface area is 84.6 Å². The van der Waals surface area contributed by atoms with E-state index in [2.05, 4.69) is 20.4 Å². The summed E-state index contributed by atoms with van der Waals surface area (Å²) >= 11 is 0. The molecule has 0 radical (unpaired) electrons. The van der Waals surface area contributed by atoms with Crippen LogP contribution in [-0.2, 0) is 0 Å². The van der Waals surface area contributed by atoms with E-state index in [1.807, 2.05) is 0 Å². The average molecular weight is 201 g/mol. The highest BCUT2D eigenvalue weighted by molar-refractivity contribution is 5.50. The van der Waals surface area contributed by atoms with Gasteiger partial charge in [0.05, 0.1) is 6.26 Å². The zero-order chi connectivity index (χ0) is 10.1. The molecule has 0 spiro atoms. The van der Waals surface area contributed by atoms with Gasteiger partial charge in [-0.15, -0.1) is 0 Å².